The Morgan fingerprint density at radius 2 is 1.78 bits per heavy atom. The molecule has 3 aromatic carbocycles. The Kier molecular flexibility index (Phi) is 7.28. The average Bonchev–Trinajstić information content (AvgIpc) is 3.37. The number of primary sulfonamides is 1. The maximum absolute atomic E-state index is 13.3. The molecule has 4 rings (SSSR count). The molecule has 0 bridgehead atoms. The Labute approximate surface area is 209 Å². The van der Waals surface area contributed by atoms with Crippen molar-refractivity contribution in [3.63, 3.8) is 0 Å². The first-order chi connectivity index (χ1) is 17.2. The Balaban J connectivity index is 1.55. The van der Waals surface area contributed by atoms with Crippen molar-refractivity contribution in [1.82, 2.24) is 9.78 Å². The molecule has 0 saturated heterocycles. The largest absolute Gasteiger partial charge is 0.384 e. The number of nitrogens with two attached hydrogens (primary N) is 2. The number of anilines is 1. The molecule has 0 fully saturated rings. The third kappa shape index (κ3) is 6.04. The summed E-state index contributed by atoms with van der Waals surface area (Å²) in [5.74, 6) is -0.680. The highest BCUT2D eigenvalue weighted by atomic mass is 32.2. The second-order valence-electron chi connectivity index (χ2n) is 8.35. The van der Waals surface area contributed by atoms with Gasteiger partial charge in [-0.05, 0) is 47.9 Å². The van der Waals surface area contributed by atoms with Crippen molar-refractivity contribution >= 4 is 27.5 Å². The van der Waals surface area contributed by atoms with Crippen LogP contribution >= 0.6 is 0 Å². The summed E-state index contributed by atoms with van der Waals surface area (Å²) >= 11 is 0. The summed E-state index contributed by atoms with van der Waals surface area (Å²) in [4.78, 5) is 13.3. The topological polar surface area (TPSA) is 157 Å². The van der Waals surface area contributed by atoms with Crippen molar-refractivity contribution in [1.29, 1.82) is 5.41 Å². The van der Waals surface area contributed by atoms with E-state index in [1.807, 2.05) is 18.2 Å². The molecule has 4 aromatic rings. The van der Waals surface area contributed by atoms with Gasteiger partial charge in [-0.2, -0.15) is 5.10 Å². The average molecular weight is 503 g/mol. The summed E-state index contributed by atoms with van der Waals surface area (Å²) in [5, 5.41) is 20.2. The van der Waals surface area contributed by atoms with E-state index in [2.05, 4.69) is 10.4 Å². The van der Waals surface area contributed by atoms with Gasteiger partial charge in [0.2, 0.25) is 15.9 Å². The third-order valence-corrected chi connectivity index (χ3v) is 6.68. The van der Waals surface area contributed by atoms with Gasteiger partial charge in [0.1, 0.15) is 5.84 Å². The lowest BCUT2D eigenvalue weighted by molar-refractivity contribution is -0.120. The number of nitrogen functional groups attached to an aromatic ring is 1. The molecule has 0 saturated carbocycles. The second-order valence-corrected chi connectivity index (χ2v) is 9.88. The third-order valence-electron chi connectivity index (χ3n) is 5.71. The Bertz CT molecular complexity index is 1480. The van der Waals surface area contributed by atoms with Gasteiger partial charge in [0, 0.05) is 29.2 Å². The van der Waals surface area contributed by atoms with Crippen molar-refractivity contribution in [2.75, 3.05) is 5.32 Å². The minimum absolute atomic E-state index is 0.0333. The fraction of sp³-hybridized carbons (Fsp3) is 0.115. The monoisotopic (exact) mass is 502 g/mol. The van der Waals surface area contributed by atoms with Crippen molar-refractivity contribution in [3.05, 3.63) is 102 Å². The first kappa shape index (κ1) is 24.8. The number of nitrogens with zero attached hydrogens (tertiary/aromatic N) is 2. The molecule has 0 aliphatic rings. The molecule has 9 nitrogen and oxygen atoms in total. The molecule has 1 unspecified atom stereocenters. The Morgan fingerprint density at radius 1 is 1.03 bits per heavy atom. The van der Waals surface area contributed by atoms with E-state index in [-0.39, 0.29) is 16.6 Å². The van der Waals surface area contributed by atoms with E-state index < -0.39 is 15.9 Å². The fourth-order valence-corrected chi connectivity index (χ4v) is 4.72. The van der Waals surface area contributed by atoms with Crippen LogP contribution in [0.3, 0.4) is 0 Å². The van der Waals surface area contributed by atoms with Crippen LogP contribution in [0.5, 0.6) is 0 Å². The molecule has 6 N–H and O–H groups in total. The van der Waals surface area contributed by atoms with E-state index in [1.54, 1.807) is 71.7 Å². The molecule has 0 radical (unpaired) electrons. The molecule has 10 heteroatoms. The van der Waals surface area contributed by atoms with Crippen LogP contribution < -0.4 is 16.2 Å². The van der Waals surface area contributed by atoms with Crippen LogP contribution in [-0.4, -0.2) is 29.9 Å². The van der Waals surface area contributed by atoms with Gasteiger partial charge >= 0.3 is 0 Å². The van der Waals surface area contributed by atoms with Crippen molar-refractivity contribution in [3.8, 4) is 11.1 Å². The SMILES string of the molecule is N=C(N)c1cccc(CC(Cn2cccn2)C(=O)Nc2ccc(-c3ccccc3S(N)(=O)=O)cc2)c1. The van der Waals surface area contributed by atoms with E-state index in [4.69, 9.17) is 16.3 Å². The van der Waals surface area contributed by atoms with Crippen molar-refractivity contribution in [2.45, 2.75) is 17.9 Å². The van der Waals surface area contributed by atoms with Gasteiger partial charge in [-0.15, -0.1) is 0 Å². The number of hydrogen-bond acceptors (Lipinski definition) is 5. The molecule has 36 heavy (non-hydrogen) atoms. The summed E-state index contributed by atoms with van der Waals surface area (Å²) in [6.45, 7) is 0.364. The van der Waals surface area contributed by atoms with E-state index in [9.17, 15) is 13.2 Å². The van der Waals surface area contributed by atoms with E-state index in [1.165, 1.54) is 6.07 Å². The number of benzene rings is 3. The highest BCUT2D eigenvalue weighted by molar-refractivity contribution is 7.89. The normalized spacial score (nSPS) is 12.1. The molecule has 0 aliphatic heterocycles. The van der Waals surface area contributed by atoms with Crippen LogP contribution in [0.15, 0.2) is 96.2 Å². The van der Waals surface area contributed by atoms with Crippen LogP contribution in [0.4, 0.5) is 5.69 Å². The summed E-state index contributed by atoms with van der Waals surface area (Å²) in [5.41, 5.74) is 8.81. The van der Waals surface area contributed by atoms with Crippen LogP contribution in [0.2, 0.25) is 0 Å². The minimum Gasteiger partial charge on any atom is -0.384 e. The number of carbonyl (C=O) groups excluding carboxylic acids is 1. The van der Waals surface area contributed by atoms with Crippen molar-refractivity contribution < 1.29 is 13.2 Å². The zero-order chi connectivity index (χ0) is 25.7. The minimum atomic E-state index is -3.88. The zero-order valence-electron chi connectivity index (χ0n) is 19.3. The van der Waals surface area contributed by atoms with Gasteiger partial charge in [0.25, 0.3) is 0 Å². The molecule has 1 aromatic heterocycles. The summed E-state index contributed by atoms with van der Waals surface area (Å²) in [6.07, 6.45) is 3.88. The summed E-state index contributed by atoms with van der Waals surface area (Å²) in [6, 6.07) is 22.5. The standard InChI is InChI=1S/C26H26N6O3S/c27-25(28)20-6-3-5-18(15-20)16-21(17-32-14-4-13-30-32)26(33)31-22-11-9-19(10-12-22)23-7-1-2-8-24(23)36(29,34)35/h1-15,21H,16-17H2,(H3,27,28)(H,31,33)(H2,29,34,35). The summed E-state index contributed by atoms with van der Waals surface area (Å²) in [7, 11) is -3.88. The number of amides is 1. The van der Waals surface area contributed by atoms with Gasteiger partial charge in [0.15, 0.2) is 0 Å². The van der Waals surface area contributed by atoms with Crippen LogP contribution in [0.1, 0.15) is 11.1 Å². The molecule has 0 spiro atoms. The lowest BCUT2D eigenvalue weighted by atomic mass is 9.96. The van der Waals surface area contributed by atoms with Gasteiger partial charge in [0.05, 0.1) is 17.4 Å². The van der Waals surface area contributed by atoms with Gasteiger partial charge in [-0.25, -0.2) is 13.6 Å². The molecule has 184 valence electrons. The van der Waals surface area contributed by atoms with E-state index in [0.29, 0.717) is 35.3 Å². The lowest BCUT2D eigenvalue weighted by Crippen LogP contribution is -2.29. The van der Waals surface area contributed by atoms with E-state index >= 15 is 0 Å². The van der Waals surface area contributed by atoms with Gasteiger partial charge in [-0.3, -0.25) is 14.9 Å². The molecule has 1 atom stereocenters. The molecule has 1 heterocycles. The lowest BCUT2D eigenvalue weighted by Gasteiger charge is -2.18. The smallest absolute Gasteiger partial charge is 0.238 e. The van der Waals surface area contributed by atoms with Gasteiger partial charge < -0.3 is 11.1 Å². The maximum Gasteiger partial charge on any atom is 0.238 e. The number of hydrogen-bond donors (Lipinski definition) is 4. The number of nitrogens with one attached hydrogen (secondary N) is 2. The fourth-order valence-electron chi connectivity index (χ4n) is 3.96. The van der Waals surface area contributed by atoms with Crippen LogP contribution in [0.25, 0.3) is 11.1 Å². The number of amidine groups is 1. The highest BCUT2D eigenvalue weighted by Crippen LogP contribution is 2.28. The predicted molar refractivity (Wildman–Crippen MR) is 139 cm³/mol. The van der Waals surface area contributed by atoms with E-state index in [0.717, 1.165) is 5.56 Å². The first-order valence-electron chi connectivity index (χ1n) is 11.1. The summed E-state index contributed by atoms with van der Waals surface area (Å²) < 4.78 is 25.6. The number of rotatable bonds is 9. The Morgan fingerprint density at radius 3 is 2.44 bits per heavy atom. The van der Waals surface area contributed by atoms with Gasteiger partial charge in [-0.1, -0.05) is 48.5 Å². The molecular formula is C26H26N6O3S. The number of carbonyl (C=O) groups is 1. The molecular weight excluding hydrogens is 476 g/mol. The highest BCUT2D eigenvalue weighted by Gasteiger charge is 2.21. The second kappa shape index (κ2) is 10.5. The zero-order valence-corrected chi connectivity index (χ0v) is 20.2. The van der Waals surface area contributed by atoms with Crippen LogP contribution in [0, 0.1) is 11.3 Å². The number of sulfonamides is 1. The van der Waals surface area contributed by atoms with Crippen molar-refractivity contribution in [2.24, 2.45) is 16.8 Å². The molecule has 0 aliphatic carbocycles. The number of aromatic nitrogens is 2. The predicted octanol–water partition coefficient (Wildman–Crippen LogP) is 2.98. The maximum atomic E-state index is 13.3. The molecule has 1 amide bonds. The first-order valence-corrected chi connectivity index (χ1v) is 12.7. The quantitative estimate of drug-likeness (QED) is 0.204. The Hall–Kier alpha value is -4.28. The van der Waals surface area contributed by atoms with Crippen LogP contribution in [-0.2, 0) is 27.8 Å².